The van der Waals surface area contributed by atoms with Crippen molar-refractivity contribution in [3.8, 4) is 0 Å². The summed E-state index contributed by atoms with van der Waals surface area (Å²) in [5.41, 5.74) is 1.79. The van der Waals surface area contributed by atoms with Gasteiger partial charge in [-0.1, -0.05) is 18.2 Å². The molecule has 3 rings (SSSR count). The number of fused-ring (bicyclic) bond motifs is 1. The molecule has 8 nitrogen and oxygen atoms in total. The first-order valence-electron chi connectivity index (χ1n) is 9.19. The lowest BCUT2D eigenvalue weighted by molar-refractivity contribution is -0.143. The Kier molecular flexibility index (Phi) is 6.56. The number of rotatable bonds is 6. The minimum Gasteiger partial charge on any atom is -0.395 e. The van der Waals surface area contributed by atoms with Crippen molar-refractivity contribution in [1.29, 1.82) is 0 Å². The van der Waals surface area contributed by atoms with E-state index in [1.165, 1.54) is 12.0 Å². The molecule has 1 aliphatic rings. The first-order chi connectivity index (χ1) is 13.5. The Bertz CT molecular complexity index is 857. The van der Waals surface area contributed by atoms with Crippen LogP contribution in [0.25, 0.3) is 10.9 Å². The van der Waals surface area contributed by atoms with E-state index in [4.69, 9.17) is 14.6 Å². The maximum Gasteiger partial charge on any atom is 0.254 e. The van der Waals surface area contributed by atoms with E-state index in [1.54, 1.807) is 18.0 Å². The summed E-state index contributed by atoms with van der Waals surface area (Å²) in [6.45, 7) is 1.39. The molecule has 1 saturated heterocycles. The Balaban J connectivity index is 1.95. The maximum absolute atomic E-state index is 12.9. The third-order valence-electron chi connectivity index (χ3n) is 4.77. The normalized spacial score (nSPS) is 17.0. The predicted molar refractivity (Wildman–Crippen MR) is 103 cm³/mol. The molecule has 1 aliphatic heterocycles. The summed E-state index contributed by atoms with van der Waals surface area (Å²) in [5, 5.41) is 9.90. The molecule has 1 fully saturated rings. The van der Waals surface area contributed by atoms with Crippen LogP contribution in [-0.4, -0.2) is 85.3 Å². The summed E-state index contributed by atoms with van der Waals surface area (Å²) >= 11 is 0. The highest BCUT2D eigenvalue weighted by Gasteiger charge is 2.28. The number of amides is 2. The van der Waals surface area contributed by atoms with Gasteiger partial charge in [0.2, 0.25) is 5.91 Å². The Hall–Kier alpha value is -2.55. The van der Waals surface area contributed by atoms with Crippen LogP contribution in [0.1, 0.15) is 22.2 Å². The summed E-state index contributed by atoms with van der Waals surface area (Å²) in [5.74, 6) is -0.299. The Morgan fingerprint density at radius 3 is 2.93 bits per heavy atom. The molecule has 28 heavy (non-hydrogen) atoms. The number of nitrogens with zero attached hydrogens (tertiary/aromatic N) is 3. The number of aromatic nitrogens is 1. The molecule has 2 aromatic rings. The zero-order chi connectivity index (χ0) is 20.1. The second-order valence-electron chi connectivity index (χ2n) is 6.69. The molecule has 0 radical (unpaired) electrons. The number of aliphatic hydroxyl groups excluding tert-OH is 1. The molecule has 0 aliphatic carbocycles. The monoisotopic (exact) mass is 387 g/mol. The van der Waals surface area contributed by atoms with E-state index in [2.05, 4.69) is 4.98 Å². The largest absolute Gasteiger partial charge is 0.395 e. The molecular weight excluding hydrogens is 362 g/mol. The third kappa shape index (κ3) is 4.30. The number of benzene rings is 1. The first kappa shape index (κ1) is 20.2. The van der Waals surface area contributed by atoms with Crippen LogP contribution in [0.4, 0.5) is 0 Å². The van der Waals surface area contributed by atoms with Crippen molar-refractivity contribution in [3.05, 3.63) is 41.6 Å². The predicted octanol–water partition coefficient (Wildman–Crippen LogP) is 0.845. The molecular formula is C20H25N3O5. The van der Waals surface area contributed by atoms with Gasteiger partial charge in [0, 0.05) is 32.6 Å². The molecule has 0 spiro atoms. The van der Waals surface area contributed by atoms with Gasteiger partial charge in [-0.3, -0.25) is 9.59 Å². The summed E-state index contributed by atoms with van der Waals surface area (Å²) < 4.78 is 10.8. The lowest BCUT2D eigenvalue weighted by Gasteiger charge is -2.33. The topological polar surface area (TPSA) is 92.2 Å². The van der Waals surface area contributed by atoms with E-state index >= 15 is 0 Å². The molecule has 1 aromatic carbocycles. The van der Waals surface area contributed by atoms with Crippen LogP contribution in [0.15, 0.2) is 30.3 Å². The number of methoxy groups -OCH3 is 1. The Morgan fingerprint density at radius 2 is 2.18 bits per heavy atom. The van der Waals surface area contributed by atoms with Crippen LogP contribution in [0.5, 0.6) is 0 Å². The van der Waals surface area contributed by atoms with E-state index in [0.717, 1.165) is 5.39 Å². The number of morpholine rings is 1. The maximum atomic E-state index is 12.9. The number of aliphatic hydroxyl groups is 1. The fourth-order valence-electron chi connectivity index (χ4n) is 3.26. The van der Waals surface area contributed by atoms with Crippen molar-refractivity contribution in [2.45, 2.75) is 6.10 Å². The molecule has 0 bridgehead atoms. The van der Waals surface area contributed by atoms with Crippen molar-refractivity contribution in [2.24, 2.45) is 0 Å². The van der Waals surface area contributed by atoms with Crippen LogP contribution in [0, 0.1) is 0 Å². The van der Waals surface area contributed by atoms with Crippen molar-refractivity contribution in [2.75, 3.05) is 53.6 Å². The van der Waals surface area contributed by atoms with E-state index in [-0.39, 0.29) is 31.6 Å². The van der Waals surface area contributed by atoms with Crippen molar-refractivity contribution < 1.29 is 24.2 Å². The summed E-state index contributed by atoms with van der Waals surface area (Å²) in [4.78, 5) is 32.9. The summed E-state index contributed by atoms with van der Waals surface area (Å²) in [7, 11) is 3.14. The minimum absolute atomic E-state index is 0.0214. The standard InChI is InChI=1S/C20H25N3O5/c1-22(7-9-24)20(26)15-11-17(21-16-6-4-3-5-14(15)16)18-12-23(8-10-28-18)19(25)13-27-2/h3-6,11,18,24H,7-10,12-13H2,1-2H3. The van der Waals surface area contributed by atoms with E-state index in [9.17, 15) is 9.59 Å². The highest BCUT2D eigenvalue weighted by molar-refractivity contribution is 6.06. The average Bonchev–Trinajstić information content (AvgIpc) is 2.73. The van der Waals surface area contributed by atoms with Gasteiger partial charge < -0.3 is 24.4 Å². The number of hydrogen-bond acceptors (Lipinski definition) is 6. The molecule has 1 atom stereocenters. The van der Waals surface area contributed by atoms with E-state index in [1.807, 2.05) is 24.3 Å². The fourth-order valence-corrected chi connectivity index (χ4v) is 3.26. The third-order valence-corrected chi connectivity index (χ3v) is 4.77. The van der Waals surface area contributed by atoms with Crippen molar-refractivity contribution >= 4 is 22.7 Å². The second-order valence-corrected chi connectivity index (χ2v) is 6.69. The van der Waals surface area contributed by atoms with Gasteiger partial charge in [0.25, 0.3) is 5.91 Å². The molecule has 150 valence electrons. The Morgan fingerprint density at radius 1 is 1.39 bits per heavy atom. The van der Waals surface area contributed by atoms with E-state index in [0.29, 0.717) is 36.5 Å². The van der Waals surface area contributed by atoms with Gasteiger partial charge in [0.15, 0.2) is 0 Å². The van der Waals surface area contributed by atoms with Crippen LogP contribution >= 0.6 is 0 Å². The smallest absolute Gasteiger partial charge is 0.254 e. The van der Waals surface area contributed by atoms with Gasteiger partial charge in [-0.25, -0.2) is 4.98 Å². The molecule has 2 amide bonds. The van der Waals surface area contributed by atoms with Gasteiger partial charge in [-0.05, 0) is 12.1 Å². The number of pyridine rings is 1. The average molecular weight is 387 g/mol. The number of carbonyl (C=O) groups is 2. The first-order valence-corrected chi connectivity index (χ1v) is 9.19. The highest BCUT2D eigenvalue weighted by atomic mass is 16.5. The highest BCUT2D eigenvalue weighted by Crippen LogP contribution is 2.26. The Labute approximate surface area is 163 Å². The van der Waals surface area contributed by atoms with Crippen molar-refractivity contribution in [3.63, 3.8) is 0 Å². The number of para-hydroxylation sites is 1. The molecule has 1 aromatic heterocycles. The van der Waals surface area contributed by atoms with Gasteiger partial charge in [0.1, 0.15) is 12.7 Å². The SMILES string of the molecule is COCC(=O)N1CCOC(c2cc(C(=O)N(C)CCO)c3ccccc3n2)C1. The molecule has 8 heteroatoms. The van der Waals surface area contributed by atoms with Gasteiger partial charge in [-0.15, -0.1) is 0 Å². The zero-order valence-corrected chi connectivity index (χ0v) is 16.1. The summed E-state index contributed by atoms with van der Waals surface area (Å²) in [6, 6.07) is 9.14. The molecule has 0 saturated carbocycles. The number of ether oxygens (including phenoxy) is 2. The van der Waals surface area contributed by atoms with Crippen LogP contribution in [-0.2, 0) is 14.3 Å². The van der Waals surface area contributed by atoms with Gasteiger partial charge in [0.05, 0.1) is 36.5 Å². The van der Waals surface area contributed by atoms with Crippen LogP contribution < -0.4 is 0 Å². The quantitative estimate of drug-likeness (QED) is 0.790. The molecule has 1 unspecified atom stereocenters. The lowest BCUT2D eigenvalue weighted by atomic mass is 10.0. The summed E-state index contributed by atoms with van der Waals surface area (Å²) in [6.07, 6.45) is -0.422. The van der Waals surface area contributed by atoms with E-state index < -0.39 is 6.10 Å². The van der Waals surface area contributed by atoms with Crippen molar-refractivity contribution in [1.82, 2.24) is 14.8 Å². The molecule has 1 N–H and O–H groups in total. The number of likely N-dealkylation sites (N-methyl/N-ethyl adjacent to an activating group) is 1. The number of carbonyl (C=O) groups excluding carboxylic acids is 2. The second kappa shape index (κ2) is 9.09. The zero-order valence-electron chi connectivity index (χ0n) is 16.1. The number of hydrogen-bond donors (Lipinski definition) is 1. The van der Waals surface area contributed by atoms with Crippen LogP contribution in [0.3, 0.4) is 0 Å². The minimum atomic E-state index is -0.422. The van der Waals surface area contributed by atoms with Gasteiger partial charge in [-0.2, -0.15) is 0 Å². The van der Waals surface area contributed by atoms with Crippen LogP contribution in [0.2, 0.25) is 0 Å². The lowest BCUT2D eigenvalue weighted by Crippen LogP contribution is -2.44. The molecule has 2 heterocycles. The fraction of sp³-hybridized carbons (Fsp3) is 0.450. The van der Waals surface area contributed by atoms with Gasteiger partial charge >= 0.3 is 0 Å².